The second-order valence-corrected chi connectivity index (χ2v) is 3.74. The van der Waals surface area contributed by atoms with E-state index in [0.717, 1.165) is 18.0 Å². The number of hydrogen-bond acceptors (Lipinski definition) is 3. The third-order valence-corrected chi connectivity index (χ3v) is 2.38. The number of hydrogen-bond donors (Lipinski definition) is 1. The zero-order chi connectivity index (χ0) is 10.8. The Morgan fingerprint density at radius 3 is 2.87 bits per heavy atom. The Morgan fingerprint density at radius 1 is 1.40 bits per heavy atom. The minimum Gasteiger partial charge on any atom is -0.361 e. The van der Waals surface area contributed by atoms with Crippen LogP contribution in [0.2, 0.25) is 0 Å². The predicted octanol–water partition coefficient (Wildman–Crippen LogP) is 1.12. The summed E-state index contributed by atoms with van der Waals surface area (Å²) in [6, 6.07) is 6.05. The molecule has 4 nitrogen and oxygen atoms in total. The summed E-state index contributed by atoms with van der Waals surface area (Å²) in [5.74, 6) is 1.02. The van der Waals surface area contributed by atoms with Gasteiger partial charge in [0.1, 0.15) is 5.65 Å². The quantitative estimate of drug-likeness (QED) is 0.813. The van der Waals surface area contributed by atoms with E-state index in [1.54, 1.807) is 0 Å². The molecule has 2 aromatic rings. The van der Waals surface area contributed by atoms with Crippen LogP contribution in [0.1, 0.15) is 5.69 Å². The fourth-order valence-corrected chi connectivity index (χ4v) is 1.72. The van der Waals surface area contributed by atoms with Crippen molar-refractivity contribution in [3.05, 3.63) is 30.1 Å². The minimum atomic E-state index is 0.818. The summed E-state index contributed by atoms with van der Waals surface area (Å²) >= 11 is 0. The van der Waals surface area contributed by atoms with Crippen LogP contribution in [0, 0.1) is 0 Å². The van der Waals surface area contributed by atoms with Gasteiger partial charge in [-0.1, -0.05) is 6.07 Å². The van der Waals surface area contributed by atoms with E-state index in [0.29, 0.717) is 0 Å². The van der Waals surface area contributed by atoms with Crippen LogP contribution in [-0.4, -0.2) is 30.5 Å². The third kappa shape index (κ3) is 1.68. The van der Waals surface area contributed by atoms with E-state index in [9.17, 15) is 0 Å². The van der Waals surface area contributed by atoms with Crippen molar-refractivity contribution in [3.63, 3.8) is 0 Å². The maximum Gasteiger partial charge on any atom is 0.151 e. The molecule has 1 N–H and O–H groups in total. The molecule has 0 fully saturated rings. The van der Waals surface area contributed by atoms with Gasteiger partial charge >= 0.3 is 0 Å². The number of nitrogens with zero attached hydrogens (tertiary/aromatic N) is 3. The second kappa shape index (κ2) is 3.90. The van der Waals surface area contributed by atoms with E-state index >= 15 is 0 Å². The molecule has 0 saturated heterocycles. The molecule has 2 rings (SSSR count). The topological polar surface area (TPSA) is 32.6 Å². The molecule has 80 valence electrons. The zero-order valence-corrected chi connectivity index (χ0v) is 9.36. The SMILES string of the molecule is CNCc1c(N(C)C)nc2ccccn12. The summed E-state index contributed by atoms with van der Waals surface area (Å²) in [6.45, 7) is 0.818. The van der Waals surface area contributed by atoms with Gasteiger partial charge in [0.25, 0.3) is 0 Å². The number of imidazole rings is 1. The zero-order valence-electron chi connectivity index (χ0n) is 9.36. The normalized spacial score (nSPS) is 10.9. The van der Waals surface area contributed by atoms with E-state index in [2.05, 4.69) is 14.7 Å². The van der Waals surface area contributed by atoms with E-state index in [1.165, 1.54) is 5.69 Å². The summed E-state index contributed by atoms with van der Waals surface area (Å²) in [4.78, 5) is 6.62. The molecule has 0 aliphatic rings. The highest BCUT2D eigenvalue weighted by Gasteiger charge is 2.11. The Morgan fingerprint density at radius 2 is 2.20 bits per heavy atom. The first kappa shape index (κ1) is 9.98. The number of rotatable bonds is 3. The van der Waals surface area contributed by atoms with Crippen molar-refractivity contribution in [1.29, 1.82) is 0 Å². The predicted molar refractivity (Wildman–Crippen MR) is 62.3 cm³/mol. The maximum atomic E-state index is 4.58. The molecule has 0 aliphatic carbocycles. The molecule has 2 aromatic heterocycles. The first-order valence-electron chi connectivity index (χ1n) is 5.02. The van der Waals surface area contributed by atoms with Crippen molar-refractivity contribution in [1.82, 2.24) is 14.7 Å². The summed E-state index contributed by atoms with van der Waals surface area (Å²) in [6.07, 6.45) is 2.04. The van der Waals surface area contributed by atoms with Gasteiger partial charge < -0.3 is 14.6 Å². The molecule has 15 heavy (non-hydrogen) atoms. The Kier molecular flexibility index (Phi) is 2.60. The molecule has 0 aromatic carbocycles. The molecule has 0 unspecified atom stereocenters. The van der Waals surface area contributed by atoms with Gasteiger partial charge in [-0.15, -0.1) is 0 Å². The van der Waals surface area contributed by atoms with Crippen LogP contribution in [0.4, 0.5) is 5.82 Å². The molecule has 0 spiro atoms. The third-order valence-electron chi connectivity index (χ3n) is 2.38. The van der Waals surface area contributed by atoms with Crippen LogP contribution in [-0.2, 0) is 6.54 Å². The molecule has 0 amide bonds. The van der Waals surface area contributed by atoms with Gasteiger partial charge in [0.2, 0.25) is 0 Å². The Balaban J connectivity index is 2.63. The molecule has 0 bridgehead atoms. The van der Waals surface area contributed by atoms with Gasteiger partial charge in [0.05, 0.1) is 5.69 Å². The van der Waals surface area contributed by atoms with Crippen LogP contribution in [0.3, 0.4) is 0 Å². The van der Waals surface area contributed by atoms with Gasteiger partial charge in [-0.25, -0.2) is 4.98 Å². The van der Waals surface area contributed by atoms with Crippen molar-refractivity contribution in [2.45, 2.75) is 6.54 Å². The van der Waals surface area contributed by atoms with Crippen LogP contribution in [0.15, 0.2) is 24.4 Å². The highest BCUT2D eigenvalue weighted by atomic mass is 15.2. The van der Waals surface area contributed by atoms with Crippen LogP contribution in [0.25, 0.3) is 5.65 Å². The molecular formula is C11H16N4. The summed E-state index contributed by atoms with van der Waals surface area (Å²) in [7, 11) is 5.98. The molecule has 0 saturated carbocycles. The van der Waals surface area contributed by atoms with Gasteiger partial charge in [-0.05, 0) is 19.2 Å². The van der Waals surface area contributed by atoms with Crippen LogP contribution >= 0.6 is 0 Å². The minimum absolute atomic E-state index is 0.818. The molecular weight excluding hydrogens is 188 g/mol. The Labute approximate surface area is 89.5 Å². The van der Waals surface area contributed by atoms with Crippen molar-refractivity contribution < 1.29 is 0 Å². The number of anilines is 1. The summed E-state index contributed by atoms with van der Waals surface area (Å²) < 4.78 is 2.12. The van der Waals surface area contributed by atoms with Crippen molar-refractivity contribution in [2.24, 2.45) is 0 Å². The van der Waals surface area contributed by atoms with E-state index < -0.39 is 0 Å². The maximum absolute atomic E-state index is 4.58. The average Bonchev–Trinajstić information content (AvgIpc) is 2.58. The number of nitrogens with one attached hydrogen (secondary N) is 1. The Hall–Kier alpha value is -1.55. The molecule has 2 heterocycles. The van der Waals surface area contributed by atoms with Crippen molar-refractivity contribution >= 4 is 11.5 Å². The molecule has 0 radical (unpaired) electrons. The lowest BCUT2D eigenvalue weighted by Gasteiger charge is -2.11. The van der Waals surface area contributed by atoms with Gasteiger partial charge in [-0.3, -0.25) is 0 Å². The second-order valence-electron chi connectivity index (χ2n) is 3.74. The van der Waals surface area contributed by atoms with Crippen molar-refractivity contribution in [2.75, 3.05) is 26.0 Å². The molecule has 0 atom stereocenters. The summed E-state index contributed by atoms with van der Waals surface area (Å²) in [5, 5.41) is 3.17. The average molecular weight is 204 g/mol. The number of fused-ring (bicyclic) bond motifs is 1. The number of pyridine rings is 1. The van der Waals surface area contributed by atoms with Gasteiger partial charge in [0, 0.05) is 26.8 Å². The first-order valence-corrected chi connectivity index (χ1v) is 5.02. The highest BCUT2D eigenvalue weighted by Crippen LogP contribution is 2.19. The van der Waals surface area contributed by atoms with E-state index in [-0.39, 0.29) is 0 Å². The highest BCUT2D eigenvalue weighted by molar-refractivity contribution is 5.55. The number of aromatic nitrogens is 2. The smallest absolute Gasteiger partial charge is 0.151 e. The lowest BCUT2D eigenvalue weighted by Crippen LogP contribution is -2.15. The largest absolute Gasteiger partial charge is 0.361 e. The lowest BCUT2D eigenvalue weighted by molar-refractivity contribution is 0.779. The first-order chi connectivity index (χ1) is 7.24. The van der Waals surface area contributed by atoms with Gasteiger partial charge in [0.15, 0.2) is 5.82 Å². The van der Waals surface area contributed by atoms with Crippen LogP contribution in [0.5, 0.6) is 0 Å². The van der Waals surface area contributed by atoms with Crippen molar-refractivity contribution in [3.8, 4) is 0 Å². The van der Waals surface area contributed by atoms with Gasteiger partial charge in [-0.2, -0.15) is 0 Å². The monoisotopic (exact) mass is 204 g/mol. The lowest BCUT2D eigenvalue weighted by atomic mass is 10.4. The standard InChI is InChI=1S/C11H16N4/c1-12-8-9-11(14(2)3)13-10-6-4-5-7-15(9)10/h4-7,12H,8H2,1-3H3. The Bertz CT molecular complexity index is 459. The summed E-state index contributed by atoms with van der Waals surface area (Å²) in [5.41, 5.74) is 2.18. The van der Waals surface area contributed by atoms with Crippen LogP contribution < -0.4 is 10.2 Å². The van der Waals surface area contributed by atoms with E-state index in [1.807, 2.05) is 50.4 Å². The molecule has 4 heteroatoms. The fourth-order valence-electron chi connectivity index (χ4n) is 1.72. The van der Waals surface area contributed by atoms with E-state index in [4.69, 9.17) is 0 Å². The fraction of sp³-hybridized carbons (Fsp3) is 0.364. The molecule has 0 aliphatic heterocycles.